The van der Waals surface area contributed by atoms with Gasteiger partial charge in [-0.2, -0.15) is 0 Å². The number of hydrogen-bond donors (Lipinski definition) is 1. The van der Waals surface area contributed by atoms with Crippen LogP contribution in [0.5, 0.6) is 0 Å². The summed E-state index contributed by atoms with van der Waals surface area (Å²) in [6.07, 6.45) is 0. The Kier molecular flexibility index (Phi) is 4.32. The number of sulfonamides is 1. The van der Waals surface area contributed by atoms with Gasteiger partial charge in [-0.1, -0.05) is 12.1 Å². The van der Waals surface area contributed by atoms with E-state index in [-0.39, 0.29) is 0 Å². The van der Waals surface area contributed by atoms with Crippen LogP contribution in [0, 0.1) is 0 Å². The number of para-hydroxylation sites is 1. The summed E-state index contributed by atoms with van der Waals surface area (Å²) in [5.41, 5.74) is 0.752. The Morgan fingerprint density at radius 2 is 1.75 bits per heavy atom. The zero-order valence-corrected chi connectivity index (χ0v) is 10.7. The summed E-state index contributed by atoms with van der Waals surface area (Å²) in [6.45, 7) is 5.58. The first-order chi connectivity index (χ1) is 7.56. The molecule has 1 aromatic carbocycles. The van der Waals surface area contributed by atoms with Crippen molar-refractivity contribution >= 4 is 15.7 Å². The molecule has 0 aromatic heterocycles. The molecule has 0 heterocycles. The van der Waals surface area contributed by atoms with E-state index in [0.29, 0.717) is 4.90 Å². The van der Waals surface area contributed by atoms with Gasteiger partial charge in [-0.05, 0) is 33.0 Å². The Hall–Kier alpha value is -1.07. The summed E-state index contributed by atoms with van der Waals surface area (Å²) in [4.78, 5) is 2.35. The molecular weight excluding hydrogens is 224 g/mol. The molecule has 4 nitrogen and oxygen atoms in total. The van der Waals surface area contributed by atoms with Crippen molar-refractivity contribution in [3.8, 4) is 0 Å². The molecule has 1 rings (SSSR count). The van der Waals surface area contributed by atoms with Crippen molar-refractivity contribution < 1.29 is 8.42 Å². The number of anilines is 1. The van der Waals surface area contributed by atoms with Gasteiger partial charge in [-0.3, -0.25) is 0 Å². The number of benzene rings is 1. The maximum Gasteiger partial charge on any atom is 0.242 e. The first kappa shape index (κ1) is 13.0. The number of nitrogens with one attached hydrogen (secondary N) is 1. The van der Waals surface area contributed by atoms with Crippen LogP contribution in [0.2, 0.25) is 0 Å². The summed E-state index contributed by atoms with van der Waals surface area (Å²) in [6, 6.07) is 7.04. The zero-order chi connectivity index (χ0) is 12.2. The molecule has 0 aliphatic heterocycles. The highest BCUT2D eigenvalue weighted by Crippen LogP contribution is 2.24. The Morgan fingerprint density at radius 3 is 2.25 bits per heavy atom. The average molecular weight is 242 g/mol. The molecule has 0 aliphatic rings. The molecule has 0 fully saturated rings. The number of rotatable bonds is 5. The van der Waals surface area contributed by atoms with Crippen LogP contribution in [0.4, 0.5) is 5.69 Å². The fraction of sp³-hybridized carbons (Fsp3) is 0.455. The molecule has 0 atom stereocenters. The minimum atomic E-state index is -3.39. The van der Waals surface area contributed by atoms with Crippen LogP contribution in [0.3, 0.4) is 0 Å². The Balaban J connectivity index is 3.30. The highest BCUT2D eigenvalue weighted by atomic mass is 32.2. The minimum Gasteiger partial charge on any atom is -0.371 e. The molecule has 0 amide bonds. The summed E-state index contributed by atoms with van der Waals surface area (Å²) < 4.78 is 26.0. The summed E-state index contributed by atoms with van der Waals surface area (Å²) >= 11 is 0. The lowest BCUT2D eigenvalue weighted by Gasteiger charge is -2.23. The SMILES string of the molecule is CCN(CC)c1ccccc1S(=O)(=O)NC. The molecule has 16 heavy (non-hydrogen) atoms. The van der Waals surface area contributed by atoms with E-state index in [0.717, 1.165) is 18.8 Å². The summed E-state index contributed by atoms with van der Waals surface area (Å²) in [7, 11) is -1.96. The second kappa shape index (κ2) is 5.32. The smallest absolute Gasteiger partial charge is 0.242 e. The molecule has 1 N–H and O–H groups in total. The van der Waals surface area contributed by atoms with Gasteiger partial charge >= 0.3 is 0 Å². The Morgan fingerprint density at radius 1 is 1.19 bits per heavy atom. The molecule has 0 radical (unpaired) electrons. The summed E-state index contributed by atoms with van der Waals surface area (Å²) in [5.74, 6) is 0. The lowest BCUT2D eigenvalue weighted by molar-refractivity contribution is 0.588. The largest absolute Gasteiger partial charge is 0.371 e. The predicted octanol–water partition coefficient (Wildman–Crippen LogP) is 1.44. The molecule has 5 heteroatoms. The topological polar surface area (TPSA) is 49.4 Å². The zero-order valence-electron chi connectivity index (χ0n) is 9.90. The van der Waals surface area contributed by atoms with Gasteiger partial charge in [0.2, 0.25) is 10.0 Å². The molecule has 90 valence electrons. The van der Waals surface area contributed by atoms with Gasteiger partial charge in [0.05, 0.1) is 5.69 Å². The van der Waals surface area contributed by atoms with E-state index in [4.69, 9.17) is 0 Å². The fourth-order valence-electron chi connectivity index (χ4n) is 1.62. The van der Waals surface area contributed by atoms with Crippen molar-refractivity contribution in [2.45, 2.75) is 18.7 Å². The van der Waals surface area contributed by atoms with Crippen LogP contribution in [0.1, 0.15) is 13.8 Å². The lowest BCUT2D eigenvalue weighted by atomic mass is 10.3. The normalized spacial score (nSPS) is 11.4. The van der Waals surface area contributed by atoms with Crippen molar-refractivity contribution in [2.24, 2.45) is 0 Å². The standard InChI is InChI=1S/C11H18N2O2S/c1-4-13(5-2)10-8-6-7-9-11(10)16(14,15)12-3/h6-9,12H,4-5H2,1-3H3. The molecular formula is C11H18N2O2S. The van der Waals surface area contributed by atoms with E-state index in [9.17, 15) is 8.42 Å². The van der Waals surface area contributed by atoms with Gasteiger partial charge in [0.15, 0.2) is 0 Å². The van der Waals surface area contributed by atoms with E-state index in [1.165, 1.54) is 7.05 Å². The molecule has 0 saturated heterocycles. The fourth-order valence-corrected chi connectivity index (χ4v) is 2.57. The highest BCUT2D eigenvalue weighted by Gasteiger charge is 2.18. The van der Waals surface area contributed by atoms with Crippen molar-refractivity contribution in [2.75, 3.05) is 25.0 Å². The third kappa shape index (κ3) is 2.54. The van der Waals surface area contributed by atoms with Gasteiger partial charge in [-0.15, -0.1) is 0 Å². The van der Waals surface area contributed by atoms with Gasteiger partial charge in [0, 0.05) is 13.1 Å². The Bertz CT molecular complexity index is 439. The molecule has 1 aromatic rings. The maximum atomic E-state index is 11.8. The van der Waals surface area contributed by atoms with E-state index in [1.807, 2.05) is 30.9 Å². The number of nitrogens with zero attached hydrogens (tertiary/aromatic N) is 1. The Labute approximate surface area is 97.3 Å². The van der Waals surface area contributed by atoms with Crippen LogP contribution in [0.15, 0.2) is 29.2 Å². The monoisotopic (exact) mass is 242 g/mol. The van der Waals surface area contributed by atoms with Gasteiger partial charge in [0.25, 0.3) is 0 Å². The predicted molar refractivity (Wildman–Crippen MR) is 66.2 cm³/mol. The van der Waals surface area contributed by atoms with E-state index < -0.39 is 10.0 Å². The lowest BCUT2D eigenvalue weighted by Crippen LogP contribution is -2.26. The second-order valence-corrected chi connectivity index (χ2v) is 5.20. The van der Waals surface area contributed by atoms with Crippen molar-refractivity contribution in [3.05, 3.63) is 24.3 Å². The second-order valence-electron chi connectivity index (χ2n) is 3.35. The van der Waals surface area contributed by atoms with E-state index in [2.05, 4.69) is 4.72 Å². The average Bonchev–Trinajstić information content (AvgIpc) is 2.31. The van der Waals surface area contributed by atoms with Gasteiger partial charge in [0.1, 0.15) is 4.90 Å². The molecule has 0 saturated carbocycles. The van der Waals surface area contributed by atoms with Crippen molar-refractivity contribution in [3.63, 3.8) is 0 Å². The van der Waals surface area contributed by atoms with Crippen LogP contribution < -0.4 is 9.62 Å². The van der Waals surface area contributed by atoms with Gasteiger partial charge in [-0.25, -0.2) is 13.1 Å². The molecule has 0 unspecified atom stereocenters. The first-order valence-electron chi connectivity index (χ1n) is 5.34. The highest BCUT2D eigenvalue weighted by molar-refractivity contribution is 7.89. The van der Waals surface area contributed by atoms with Gasteiger partial charge < -0.3 is 4.90 Å². The van der Waals surface area contributed by atoms with Crippen molar-refractivity contribution in [1.29, 1.82) is 0 Å². The minimum absolute atomic E-state index is 0.334. The maximum absolute atomic E-state index is 11.8. The van der Waals surface area contributed by atoms with Crippen LogP contribution in [-0.2, 0) is 10.0 Å². The van der Waals surface area contributed by atoms with Crippen LogP contribution in [-0.4, -0.2) is 28.6 Å². The molecule has 0 bridgehead atoms. The third-order valence-electron chi connectivity index (χ3n) is 2.53. The van der Waals surface area contributed by atoms with Crippen LogP contribution >= 0.6 is 0 Å². The van der Waals surface area contributed by atoms with E-state index in [1.54, 1.807) is 12.1 Å². The third-order valence-corrected chi connectivity index (χ3v) is 3.99. The van der Waals surface area contributed by atoms with E-state index >= 15 is 0 Å². The first-order valence-corrected chi connectivity index (χ1v) is 6.82. The summed E-state index contributed by atoms with van der Waals surface area (Å²) in [5, 5.41) is 0. The number of hydrogen-bond acceptors (Lipinski definition) is 3. The van der Waals surface area contributed by atoms with Crippen molar-refractivity contribution in [1.82, 2.24) is 4.72 Å². The van der Waals surface area contributed by atoms with Crippen LogP contribution in [0.25, 0.3) is 0 Å². The quantitative estimate of drug-likeness (QED) is 0.850. The molecule has 0 aliphatic carbocycles. The molecule has 0 spiro atoms.